The van der Waals surface area contributed by atoms with Crippen LogP contribution in [-0.2, 0) is 4.74 Å². The van der Waals surface area contributed by atoms with E-state index in [1.807, 2.05) is 61.5 Å². The highest BCUT2D eigenvalue weighted by molar-refractivity contribution is 7.22. The van der Waals surface area contributed by atoms with Crippen molar-refractivity contribution in [1.29, 1.82) is 0 Å². The van der Waals surface area contributed by atoms with E-state index in [4.69, 9.17) is 14.5 Å². The third-order valence-electron chi connectivity index (χ3n) is 5.54. The van der Waals surface area contributed by atoms with Crippen LogP contribution >= 0.6 is 11.3 Å². The summed E-state index contributed by atoms with van der Waals surface area (Å²) in [4.78, 5) is 20.2. The summed E-state index contributed by atoms with van der Waals surface area (Å²) in [5.41, 5.74) is 1.53. The van der Waals surface area contributed by atoms with Crippen LogP contribution in [0.25, 0.3) is 21.0 Å². The number of hydrogen-bond acceptors (Lipinski definition) is 5. The highest BCUT2D eigenvalue weighted by atomic mass is 32.1. The first kappa shape index (κ1) is 20.0. The van der Waals surface area contributed by atoms with Crippen LogP contribution in [0.4, 0.5) is 5.13 Å². The Morgan fingerprint density at radius 3 is 2.84 bits per heavy atom. The van der Waals surface area contributed by atoms with E-state index in [1.165, 1.54) is 11.3 Å². The van der Waals surface area contributed by atoms with Gasteiger partial charge in [0.15, 0.2) is 5.13 Å². The number of hydrogen-bond donors (Lipinski definition) is 0. The van der Waals surface area contributed by atoms with Crippen molar-refractivity contribution >= 4 is 43.4 Å². The maximum Gasteiger partial charge on any atom is 0.260 e. The molecule has 5 rings (SSSR count). The van der Waals surface area contributed by atoms with Crippen molar-refractivity contribution in [3.63, 3.8) is 0 Å². The van der Waals surface area contributed by atoms with Crippen LogP contribution in [0.5, 0.6) is 5.75 Å². The van der Waals surface area contributed by atoms with Crippen molar-refractivity contribution in [1.82, 2.24) is 4.98 Å². The highest BCUT2D eigenvalue weighted by Crippen LogP contribution is 2.33. The van der Waals surface area contributed by atoms with E-state index in [9.17, 15) is 4.79 Å². The number of carbonyl (C=O) groups is 1. The van der Waals surface area contributed by atoms with Crippen LogP contribution in [0.3, 0.4) is 0 Å². The lowest BCUT2D eigenvalue weighted by Crippen LogP contribution is -2.37. The average Bonchev–Trinajstić information content (AvgIpc) is 3.46. The van der Waals surface area contributed by atoms with Crippen molar-refractivity contribution in [2.45, 2.75) is 25.9 Å². The molecule has 0 N–H and O–H groups in total. The molecule has 5 nitrogen and oxygen atoms in total. The third-order valence-corrected chi connectivity index (χ3v) is 6.58. The molecule has 1 aromatic heterocycles. The molecule has 6 heteroatoms. The Labute approximate surface area is 185 Å². The van der Waals surface area contributed by atoms with E-state index in [0.29, 0.717) is 23.8 Å². The van der Waals surface area contributed by atoms with Crippen LogP contribution in [0, 0.1) is 0 Å². The lowest BCUT2D eigenvalue weighted by molar-refractivity contribution is 0.0917. The summed E-state index contributed by atoms with van der Waals surface area (Å²) in [6.07, 6.45) is 2.02. The second-order valence-electron chi connectivity index (χ2n) is 7.67. The molecular weight excluding hydrogens is 408 g/mol. The minimum atomic E-state index is -0.0506. The quantitative estimate of drug-likeness (QED) is 0.394. The topological polar surface area (TPSA) is 51.7 Å². The van der Waals surface area contributed by atoms with Gasteiger partial charge in [0.25, 0.3) is 5.91 Å². The van der Waals surface area contributed by atoms with Crippen molar-refractivity contribution in [3.05, 3.63) is 66.2 Å². The Hall–Kier alpha value is -2.96. The van der Waals surface area contributed by atoms with E-state index < -0.39 is 0 Å². The molecule has 0 bridgehead atoms. The number of aromatic nitrogens is 1. The van der Waals surface area contributed by atoms with Gasteiger partial charge in [0.05, 0.1) is 29.5 Å². The maximum atomic E-state index is 13.6. The number of amides is 1. The zero-order valence-electron chi connectivity index (χ0n) is 17.4. The molecule has 1 aliphatic heterocycles. The molecule has 1 saturated heterocycles. The minimum absolute atomic E-state index is 0.0374. The van der Waals surface area contributed by atoms with Gasteiger partial charge in [-0.1, -0.05) is 41.7 Å². The van der Waals surface area contributed by atoms with Gasteiger partial charge in [-0.3, -0.25) is 9.69 Å². The second-order valence-corrected chi connectivity index (χ2v) is 8.68. The standard InChI is InChI=1S/C25H24N2O3S/c1-2-29-20-11-12-22-23(15-20)31-25(26-22)27(16-21-8-5-13-30-21)24(28)19-10-9-17-6-3-4-7-18(17)14-19/h3-4,6-7,9-12,14-15,21H,2,5,8,13,16H2,1H3. The fourth-order valence-corrected chi connectivity index (χ4v) is 4.98. The second kappa shape index (κ2) is 8.65. The van der Waals surface area contributed by atoms with E-state index in [1.54, 1.807) is 4.90 Å². The number of thiazole rings is 1. The van der Waals surface area contributed by atoms with Crippen LogP contribution in [-0.4, -0.2) is 36.8 Å². The summed E-state index contributed by atoms with van der Waals surface area (Å²) in [6.45, 7) is 3.83. The Balaban J connectivity index is 1.52. The van der Waals surface area contributed by atoms with Gasteiger partial charge in [-0.25, -0.2) is 4.98 Å². The summed E-state index contributed by atoms with van der Waals surface area (Å²) >= 11 is 1.51. The monoisotopic (exact) mass is 432 g/mol. The first-order chi connectivity index (χ1) is 15.2. The lowest BCUT2D eigenvalue weighted by atomic mass is 10.1. The molecule has 1 fully saturated rings. The van der Waals surface area contributed by atoms with Crippen molar-refractivity contribution in [3.8, 4) is 5.75 Å². The molecule has 4 aromatic rings. The summed E-state index contributed by atoms with van der Waals surface area (Å²) in [5.74, 6) is 0.766. The smallest absolute Gasteiger partial charge is 0.260 e. The molecule has 31 heavy (non-hydrogen) atoms. The number of fused-ring (bicyclic) bond motifs is 2. The molecule has 1 unspecified atom stereocenters. The van der Waals surface area contributed by atoms with E-state index in [0.717, 1.165) is 46.2 Å². The number of rotatable bonds is 6. The Morgan fingerprint density at radius 2 is 2.03 bits per heavy atom. The summed E-state index contributed by atoms with van der Waals surface area (Å²) in [5, 5.41) is 2.86. The van der Waals surface area contributed by atoms with Gasteiger partial charge in [0.2, 0.25) is 0 Å². The van der Waals surface area contributed by atoms with E-state index in [2.05, 4.69) is 6.07 Å². The molecule has 1 aliphatic rings. The average molecular weight is 433 g/mol. The van der Waals surface area contributed by atoms with E-state index in [-0.39, 0.29) is 12.0 Å². The molecular formula is C25H24N2O3S. The first-order valence-corrected chi connectivity index (χ1v) is 11.5. The molecule has 1 amide bonds. The largest absolute Gasteiger partial charge is 0.494 e. The van der Waals surface area contributed by atoms with Crippen molar-refractivity contribution in [2.75, 3.05) is 24.7 Å². The van der Waals surface area contributed by atoms with Crippen molar-refractivity contribution < 1.29 is 14.3 Å². The van der Waals surface area contributed by atoms with Crippen LogP contribution < -0.4 is 9.64 Å². The van der Waals surface area contributed by atoms with Crippen molar-refractivity contribution in [2.24, 2.45) is 0 Å². The molecule has 158 valence electrons. The minimum Gasteiger partial charge on any atom is -0.494 e. The lowest BCUT2D eigenvalue weighted by Gasteiger charge is -2.23. The number of anilines is 1. The van der Waals surface area contributed by atoms with Gasteiger partial charge in [-0.05, 0) is 60.9 Å². The fraction of sp³-hybridized carbons (Fsp3) is 0.280. The Morgan fingerprint density at radius 1 is 1.16 bits per heavy atom. The number of benzene rings is 3. The summed E-state index contributed by atoms with van der Waals surface area (Å²) in [6, 6.07) is 19.8. The maximum absolute atomic E-state index is 13.6. The zero-order chi connectivity index (χ0) is 21.2. The molecule has 0 saturated carbocycles. The highest BCUT2D eigenvalue weighted by Gasteiger charge is 2.27. The van der Waals surface area contributed by atoms with Gasteiger partial charge in [0, 0.05) is 12.2 Å². The zero-order valence-corrected chi connectivity index (χ0v) is 18.2. The third kappa shape index (κ3) is 4.13. The SMILES string of the molecule is CCOc1ccc2nc(N(CC3CCCO3)C(=O)c3ccc4ccccc4c3)sc2c1. The Kier molecular flexibility index (Phi) is 5.57. The van der Waals surface area contributed by atoms with Gasteiger partial charge >= 0.3 is 0 Å². The van der Waals surface area contributed by atoms with Crippen LogP contribution in [0.15, 0.2) is 60.7 Å². The van der Waals surface area contributed by atoms with Crippen LogP contribution in [0.1, 0.15) is 30.1 Å². The predicted molar refractivity (Wildman–Crippen MR) is 125 cm³/mol. The van der Waals surface area contributed by atoms with Crippen LogP contribution in [0.2, 0.25) is 0 Å². The summed E-state index contributed by atoms with van der Waals surface area (Å²) < 4.78 is 12.5. The van der Waals surface area contributed by atoms with Gasteiger partial charge in [-0.15, -0.1) is 0 Å². The molecule has 2 heterocycles. The fourth-order valence-electron chi connectivity index (χ4n) is 3.98. The predicted octanol–water partition coefficient (Wildman–Crippen LogP) is 5.67. The van der Waals surface area contributed by atoms with Gasteiger partial charge in [0.1, 0.15) is 5.75 Å². The van der Waals surface area contributed by atoms with Gasteiger partial charge < -0.3 is 9.47 Å². The number of nitrogens with zero attached hydrogens (tertiary/aromatic N) is 2. The number of carbonyl (C=O) groups excluding carboxylic acids is 1. The molecule has 0 aliphatic carbocycles. The molecule has 3 aromatic carbocycles. The normalized spacial score (nSPS) is 16.1. The molecule has 0 spiro atoms. The Bertz CT molecular complexity index is 1230. The molecule has 1 atom stereocenters. The molecule has 0 radical (unpaired) electrons. The number of ether oxygens (including phenoxy) is 2. The van der Waals surface area contributed by atoms with E-state index >= 15 is 0 Å². The van der Waals surface area contributed by atoms with Gasteiger partial charge in [-0.2, -0.15) is 0 Å². The first-order valence-electron chi connectivity index (χ1n) is 10.7. The summed E-state index contributed by atoms with van der Waals surface area (Å²) in [7, 11) is 0.